The Kier molecular flexibility index (Phi) is 10.6. The summed E-state index contributed by atoms with van der Waals surface area (Å²) in [6.45, 7) is 3.39. The van der Waals surface area contributed by atoms with E-state index in [9.17, 15) is 18.0 Å². The number of nitrogens with zero attached hydrogens (tertiary/aromatic N) is 2. The Balaban J connectivity index is 2.10. The van der Waals surface area contributed by atoms with E-state index < -0.39 is 28.5 Å². The highest BCUT2D eigenvalue weighted by Gasteiger charge is 2.34. The fraction of sp³-hybridized carbons (Fsp3) is 0.286. The molecule has 0 saturated carbocycles. The van der Waals surface area contributed by atoms with Crippen molar-refractivity contribution in [3.8, 4) is 5.75 Å². The summed E-state index contributed by atoms with van der Waals surface area (Å²) < 4.78 is 33.9. The van der Waals surface area contributed by atoms with E-state index in [2.05, 4.69) is 5.32 Å². The van der Waals surface area contributed by atoms with Crippen molar-refractivity contribution in [1.29, 1.82) is 0 Å². The van der Waals surface area contributed by atoms with Crippen molar-refractivity contribution in [2.75, 3.05) is 24.5 Å². The second-order valence-electron chi connectivity index (χ2n) is 8.59. The minimum atomic E-state index is -4.25. The average molecular weight is 593 g/mol. The molecule has 0 bridgehead atoms. The van der Waals surface area contributed by atoms with E-state index in [1.807, 2.05) is 0 Å². The molecule has 0 heterocycles. The van der Waals surface area contributed by atoms with Gasteiger partial charge in [-0.1, -0.05) is 66.5 Å². The maximum atomic E-state index is 14.0. The molecule has 3 rings (SSSR count). The molecule has 1 atom stereocenters. The molecule has 3 aromatic rings. The van der Waals surface area contributed by atoms with E-state index >= 15 is 0 Å². The first-order chi connectivity index (χ1) is 18.6. The maximum Gasteiger partial charge on any atom is 0.264 e. The highest BCUT2D eigenvalue weighted by molar-refractivity contribution is 7.92. The second-order valence-corrected chi connectivity index (χ2v) is 11.2. The van der Waals surface area contributed by atoms with Crippen LogP contribution in [0.2, 0.25) is 10.0 Å². The second kappa shape index (κ2) is 13.7. The van der Waals surface area contributed by atoms with Crippen LogP contribution in [0.5, 0.6) is 5.75 Å². The van der Waals surface area contributed by atoms with Crippen LogP contribution in [0.4, 0.5) is 5.69 Å². The molecular weight excluding hydrogens is 561 g/mol. The molecule has 0 aliphatic heterocycles. The van der Waals surface area contributed by atoms with Crippen LogP contribution in [0, 0.1) is 0 Å². The molecule has 0 radical (unpaired) electrons. The molecule has 11 heteroatoms. The zero-order valence-electron chi connectivity index (χ0n) is 21.9. The predicted molar refractivity (Wildman–Crippen MR) is 154 cm³/mol. The Morgan fingerprint density at radius 3 is 2.31 bits per heavy atom. The SMILES string of the molecule is CCNC(=O)C(CC)N(Cc1cccc(OC)c1)C(=O)CN(c1cccc(Cl)c1Cl)S(=O)(=O)c1ccccc1. The van der Waals surface area contributed by atoms with Crippen LogP contribution in [0.15, 0.2) is 77.7 Å². The third kappa shape index (κ3) is 7.23. The number of hydrogen-bond donors (Lipinski definition) is 1. The third-order valence-corrected chi connectivity index (χ3v) is 8.62. The number of anilines is 1. The number of likely N-dealkylation sites (N-methyl/N-ethyl adjacent to an activating group) is 1. The molecule has 0 aliphatic carbocycles. The van der Waals surface area contributed by atoms with Gasteiger partial charge in [-0.3, -0.25) is 13.9 Å². The van der Waals surface area contributed by atoms with Crippen molar-refractivity contribution >= 4 is 50.7 Å². The lowest BCUT2D eigenvalue weighted by Crippen LogP contribution is -2.52. The lowest BCUT2D eigenvalue weighted by Gasteiger charge is -2.33. The van der Waals surface area contributed by atoms with Gasteiger partial charge < -0.3 is 15.0 Å². The molecule has 1 unspecified atom stereocenters. The summed E-state index contributed by atoms with van der Waals surface area (Å²) >= 11 is 12.7. The number of rotatable bonds is 12. The number of nitrogens with one attached hydrogen (secondary N) is 1. The number of carbonyl (C=O) groups is 2. The molecule has 39 heavy (non-hydrogen) atoms. The lowest BCUT2D eigenvalue weighted by molar-refractivity contribution is -0.140. The summed E-state index contributed by atoms with van der Waals surface area (Å²) in [5.41, 5.74) is 0.762. The van der Waals surface area contributed by atoms with Crippen molar-refractivity contribution in [2.24, 2.45) is 0 Å². The highest BCUT2D eigenvalue weighted by Crippen LogP contribution is 2.35. The number of halogens is 2. The molecule has 1 N–H and O–H groups in total. The van der Waals surface area contributed by atoms with Crippen molar-refractivity contribution in [2.45, 2.75) is 37.8 Å². The van der Waals surface area contributed by atoms with Crippen molar-refractivity contribution in [3.63, 3.8) is 0 Å². The van der Waals surface area contributed by atoms with E-state index in [-0.39, 0.29) is 33.1 Å². The van der Waals surface area contributed by atoms with Gasteiger partial charge in [-0.15, -0.1) is 0 Å². The van der Waals surface area contributed by atoms with Gasteiger partial charge in [0.05, 0.1) is 27.7 Å². The topological polar surface area (TPSA) is 96.0 Å². The number of ether oxygens (including phenoxy) is 1. The first kappa shape index (κ1) is 30.3. The first-order valence-electron chi connectivity index (χ1n) is 12.4. The van der Waals surface area contributed by atoms with Crippen LogP contribution in [0.25, 0.3) is 0 Å². The highest BCUT2D eigenvalue weighted by atomic mass is 35.5. The summed E-state index contributed by atoms with van der Waals surface area (Å²) in [4.78, 5) is 28.4. The number of sulfonamides is 1. The molecular formula is C28H31Cl2N3O5S. The van der Waals surface area contributed by atoms with Gasteiger partial charge in [0.25, 0.3) is 10.0 Å². The molecule has 0 saturated heterocycles. The van der Waals surface area contributed by atoms with Crippen LogP contribution < -0.4 is 14.4 Å². The molecule has 0 fully saturated rings. The average Bonchev–Trinajstić information content (AvgIpc) is 2.94. The first-order valence-corrected chi connectivity index (χ1v) is 14.6. The monoisotopic (exact) mass is 591 g/mol. The molecule has 8 nitrogen and oxygen atoms in total. The number of methoxy groups -OCH3 is 1. The molecule has 0 aliphatic rings. The van der Waals surface area contributed by atoms with Crippen LogP contribution >= 0.6 is 23.2 Å². The van der Waals surface area contributed by atoms with Gasteiger partial charge in [-0.05, 0) is 55.3 Å². The Morgan fingerprint density at radius 1 is 0.974 bits per heavy atom. The summed E-state index contributed by atoms with van der Waals surface area (Å²) in [6, 6.07) is 18.6. The molecule has 2 amide bonds. The van der Waals surface area contributed by atoms with Crippen LogP contribution in [-0.4, -0.2) is 51.4 Å². The van der Waals surface area contributed by atoms with E-state index in [0.717, 1.165) is 4.31 Å². The van der Waals surface area contributed by atoms with E-state index in [4.69, 9.17) is 27.9 Å². The van der Waals surface area contributed by atoms with E-state index in [1.54, 1.807) is 62.4 Å². The van der Waals surface area contributed by atoms with Crippen LogP contribution in [0.3, 0.4) is 0 Å². The summed E-state index contributed by atoms with van der Waals surface area (Å²) in [6.07, 6.45) is 0.310. The fourth-order valence-electron chi connectivity index (χ4n) is 4.10. The number of amides is 2. The summed E-state index contributed by atoms with van der Waals surface area (Å²) in [7, 11) is -2.71. The number of benzene rings is 3. The van der Waals surface area contributed by atoms with Gasteiger partial charge in [0, 0.05) is 13.1 Å². The Morgan fingerprint density at radius 2 is 1.67 bits per heavy atom. The molecule has 0 aromatic heterocycles. The summed E-state index contributed by atoms with van der Waals surface area (Å²) in [5, 5.41) is 2.89. The van der Waals surface area contributed by atoms with Crippen LogP contribution in [0.1, 0.15) is 25.8 Å². The Hall–Kier alpha value is -3.27. The quantitative estimate of drug-likeness (QED) is 0.314. The number of carbonyl (C=O) groups excluding carboxylic acids is 2. The normalized spacial score (nSPS) is 11.9. The lowest BCUT2D eigenvalue weighted by atomic mass is 10.1. The molecule has 208 valence electrons. The number of hydrogen-bond acceptors (Lipinski definition) is 5. The largest absolute Gasteiger partial charge is 0.497 e. The van der Waals surface area contributed by atoms with Crippen molar-refractivity contribution in [3.05, 3.63) is 88.4 Å². The van der Waals surface area contributed by atoms with Gasteiger partial charge in [0.15, 0.2) is 0 Å². The zero-order valence-corrected chi connectivity index (χ0v) is 24.3. The minimum absolute atomic E-state index is 0.0124. The van der Waals surface area contributed by atoms with Gasteiger partial charge in [-0.2, -0.15) is 0 Å². The standard InChI is InChI=1S/C28H31Cl2N3O5S/c1-4-24(28(35)31-5-2)32(18-20-11-9-12-21(17-20)38-3)26(34)19-33(25-16-10-15-23(29)27(25)30)39(36,37)22-13-7-6-8-14-22/h6-17,24H,4-5,18-19H2,1-3H3,(H,31,35). The maximum absolute atomic E-state index is 14.0. The van der Waals surface area contributed by atoms with E-state index in [0.29, 0.717) is 24.3 Å². The van der Waals surface area contributed by atoms with Gasteiger partial charge in [0.1, 0.15) is 18.3 Å². The van der Waals surface area contributed by atoms with Gasteiger partial charge in [-0.25, -0.2) is 8.42 Å². The fourth-order valence-corrected chi connectivity index (χ4v) is 5.99. The third-order valence-electron chi connectivity index (χ3n) is 6.03. The van der Waals surface area contributed by atoms with Gasteiger partial charge >= 0.3 is 0 Å². The minimum Gasteiger partial charge on any atom is -0.497 e. The molecule has 0 spiro atoms. The van der Waals surface area contributed by atoms with Crippen molar-refractivity contribution < 1.29 is 22.7 Å². The van der Waals surface area contributed by atoms with Gasteiger partial charge in [0.2, 0.25) is 11.8 Å². The van der Waals surface area contributed by atoms with Crippen molar-refractivity contribution in [1.82, 2.24) is 10.2 Å². The molecule has 3 aromatic carbocycles. The zero-order chi connectivity index (χ0) is 28.6. The van der Waals surface area contributed by atoms with Crippen LogP contribution in [-0.2, 0) is 26.2 Å². The van der Waals surface area contributed by atoms with E-state index in [1.165, 1.54) is 36.3 Å². The Labute approximate surface area is 239 Å². The Bertz CT molecular complexity index is 1400. The predicted octanol–water partition coefficient (Wildman–Crippen LogP) is 5.14. The smallest absolute Gasteiger partial charge is 0.264 e. The summed E-state index contributed by atoms with van der Waals surface area (Å²) in [5.74, 6) is -0.342.